The number of halogens is 1. The summed E-state index contributed by atoms with van der Waals surface area (Å²) in [4.78, 5) is 38.4. The van der Waals surface area contributed by atoms with Crippen LogP contribution in [-0.2, 0) is 16.1 Å². The molecule has 1 aliphatic rings. The molecule has 1 aliphatic heterocycles. The summed E-state index contributed by atoms with van der Waals surface area (Å²) < 4.78 is 25.7. The highest BCUT2D eigenvalue weighted by atomic mass is 19.1. The van der Waals surface area contributed by atoms with Crippen LogP contribution in [0, 0.1) is 17.1 Å². The van der Waals surface area contributed by atoms with Crippen molar-refractivity contribution in [2.24, 2.45) is 11.7 Å². The maximum atomic E-state index is 15.0. The van der Waals surface area contributed by atoms with Crippen molar-refractivity contribution in [3.8, 4) is 17.1 Å². The first-order valence-corrected chi connectivity index (χ1v) is 11.8. The summed E-state index contributed by atoms with van der Waals surface area (Å²) in [7, 11) is 0. The maximum Gasteiger partial charge on any atom is 0.316 e. The van der Waals surface area contributed by atoms with Crippen molar-refractivity contribution in [1.29, 1.82) is 5.41 Å². The first-order valence-electron chi connectivity index (χ1n) is 11.8. The summed E-state index contributed by atoms with van der Waals surface area (Å²) in [6.07, 6.45) is 7.42. The van der Waals surface area contributed by atoms with E-state index in [2.05, 4.69) is 15.0 Å². The molecule has 0 bridgehead atoms. The molecule has 0 radical (unpaired) electrons. The Kier molecular flexibility index (Phi) is 8.34. The fourth-order valence-corrected chi connectivity index (χ4v) is 3.98. The third-order valence-electron chi connectivity index (χ3n) is 6.00. The molecule has 1 amide bonds. The minimum absolute atomic E-state index is 0.0167. The van der Waals surface area contributed by atoms with Gasteiger partial charge in [0, 0.05) is 54.6 Å². The molecule has 0 spiro atoms. The lowest BCUT2D eigenvalue weighted by Crippen LogP contribution is -2.39. The largest absolute Gasteiger partial charge is 0.463 e. The molecule has 11 heteroatoms. The number of carbonyl (C=O) groups is 2. The number of pyridine rings is 1. The van der Waals surface area contributed by atoms with Gasteiger partial charge in [0.15, 0.2) is 0 Å². The monoisotopic (exact) mass is 506 g/mol. The van der Waals surface area contributed by atoms with Gasteiger partial charge >= 0.3 is 12.0 Å². The van der Waals surface area contributed by atoms with Gasteiger partial charge in [0.25, 0.3) is 5.91 Å². The number of aromatic nitrogens is 3. The minimum Gasteiger partial charge on any atom is -0.463 e. The van der Waals surface area contributed by atoms with E-state index >= 15 is 0 Å². The van der Waals surface area contributed by atoms with Crippen molar-refractivity contribution in [3.63, 3.8) is 0 Å². The first kappa shape index (κ1) is 25.7. The molecule has 0 unspecified atom stereocenters. The lowest BCUT2D eigenvalue weighted by Gasteiger charge is -2.31. The van der Waals surface area contributed by atoms with E-state index in [1.807, 2.05) is 4.90 Å². The minimum atomic E-state index is -0.701. The fourth-order valence-electron chi connectivity index (χ4n) is 3.98. The zero-order valence-corrected chi connectivity index (χ0v) is 20.1. The molecule has 4 rings (SSSR count). The highest BCUT2D eigenvalue weighted by Crippen LogP contribution is 2.26. The molecule has 0 saturated carbocycles. The summed E-state index contributed by atoms with van der Waals surface area (Å²) in [5.74, 6) is -1.33. The third kappa shape index (κ3) is 6.84. The quantitative estimate of drug-likeness (QED) is 0.256. The summed E-state index contributed by atoms with van der Waals surface area (Å²) in [5.41, 5.74) is 6.65. The Hall–Kier alpha value is -4.41. The molecule has 37 heavy (non-hydrogen) atoms. The van der Waals surface area contributed by atoms with E-state index in [1.54, 1.807) is 36.7 Å². The number of piperidine rings is 1. The lowest BCUT2D eigenvalue weighted by atomic mass is 9.97. The molecule has 3 heterocycles. The van der Waals surface area contributed by atoms with Crippen molar-refractivity contribution in [2.45, 2.75) is 25.9 Å². The number of nitrogens with two attached hydrogens (primary N) is 1. The number of rotatable bonds is 9. The zero-order valence-electron chi connectivity index (χ0n) is 20.1. The van der Waals surface area contributed by atoms with Crippen molar-refractivity contribution >= 4 is 17.7 Å². The Morgan fingerprint density at radius 3 is 2.54 bits per heavy atom. The number of amidine groups is 1. The summed E-state index contributed by atoms with van der Waals surface area (Å²) in [6.45, 7) is 1.42. The SMILES string of the molecule is N=C(N)CC(=O)OCc1cccc(-c2cnc(OCC3CCN(C(=O)c4cccnc4)CC3)nc2)c1F. The second-order valence-corrected chi connectivity index (χ2v) is 8.68. The molecule has 192 valence electrons. The van der Waals surface area contributed by atoms with Crippen LogP contribution in [0.1, 0.15) is 35.2 Å². The Balaban J connectivity index is 1.28. The van der Waals surface area contributed by atoms with E-state index in [0.29, 0.717) is 30.8 Å². The molecule has 0 atom stereocenters. The van der Waals surface area contributed by atoms with Gasteiger partial charge in [0.1, 0.15) is 24.7 Å². The van der Waals surface area contributed by atoms with E-state index in [9.17, 15) is 14.0 Å². The molecule has 3 aromatic rings. The molecule has 3 N–H and O–H groups in total. The Morgan fingerprint density at radius 1 is 1.11 bits per heavy atom. The number of esters is 1. The van der Waals surface area contributed by atoms with Crippen molar-refractivity contribution in [2.75, 3.05) is 19.7 Å². The van der Waals surface area contributed by atoms with Crippen molar-refractivity contribution < 1.29 is 23.5 Å². The molecular weight excluding hydrogens is 479 g/mol. The predicted octanol–water partition coefficient (Wildman–Crippen LogP) is 2.98. The van der Waals surface area contributed by atoms with E-state index in [-0.39, 0.29) is 47.8 Å². The normalized spacial score (nSPS) is 13.7. The standard InChI is InChI=1S/C26H27FN6O4/c27-24-19(16-36-23(34)11-22(28)29)3-1-5-21(24)20-13-31-26(32-14-20)37-15-17-6-9-33(10-7-17)25(35)18-4-2-8-30-12-18/h1-5,8,12-14,17H,6-7,9-11,15-16H2,(H3,28,29). The van der Waals surface area contributed by atoms with Crippen LogP contribution in [0.4, 0.5) is 4.39 Å². The Morgan fingerprint density at radius 2 is 1.86 bits per heavy atom. The number of ether oxygens (including phenoxy) is 2. The summed E-state index contributed by atoms with van der Waals surface area (Å²) in [6, 6.07) is 8.43. The fraction of sp³-hybridized carbons (Fsp3) is 0.308. The number of carbonyl (C=O) groups excluding carboxylic acids is 2. The van der Waals surface area contributed by atoms with Crippen LogP contribution in [-0.4, -0.2) is 57.3 Å². The van der Waals surface area contributed by atoms with Gasteiger partial charge in [0.2, 0.25) is 0 Å². The van der Waals surface area contributed by atoms with Gasteiger partial charge in [-0.05, 0) is 30.9 Å². The van der Waals surface area contributed by atoms with Gasteiger partial charge in [0.05, 0.1) is 12.2 Å². The predicted molar refractivity (Wildman–Crippen MR) is 132 cm³/mol. The van der Waals surface area contributed by atoms with Gasteiger partial charge in [-0.25, -0.2) is 14.4 Å². The van der Waals surface area contributed by atoms with Gasteiger partial charge in [-0.1, -0.05) is 18.2 Å². The number of nitrogens with one attached hydrogen (secondary N) is 1. The van der Waals surface area contributed by atoms with Crippen LogP contribution in [0.2, 0.25) is 0 Å². The summed E-state index contributed by atoms with van der Waals surface area (Å²) >= 11 is 0. The highest BCUT2D eigenvalue weighted by molar-refractivity contribution is 5.95. The van der Waals surface area contributed by atoms with E-state index in [4.69, 9.17) is 20.6 Å². The zero-order chi connectivity index (χ0) is 26.2. The second kappa shape index (κ2) is 12.0. The van der Waals surface area contributed by atoms with Crippen LogP contribution in [0.25, 0.3) is 11.1 Å². The number of hydrogen-bond acceptors (Lipinski definition) is 8. The van der Waals surface area contributed by atoms with E-state index in [0.717, 1.165) is 12.8 Å². The number of hydrogen-bond donors (Lipinski definition) is 2. The van der Waals surface area contributed by atoms with E-state index in [1.165, 1.54) is 18.5 Å². The van der Waals surface area contributed by atoms with Crippen LogP contribution in [0.15, 0.2) is 55.1 Å². The molecular formula is C26H27FN6O4. The Bertz CT molecular complexity index is 1250. The average Bonchev–Trinajstić information content (AvgIpc) is 2.92. The van der Waals surface area contributed by atoms with E-state index < -0.39 is 11.8 Å². The third-order valence-corrected chi connectivity index (χ3v) is 6.00. The topological polar surface area (TPSA) is 144 Å². The van der Waals surface area contributed by atoms with Crippen LogP contribution >= 0.6 is 0 Å². The summed E-state index contributed by atoms with van der Waals surface area (Å²) in [5, 5.41) is 7.12. The van der Waals surface area contributed by atoms with Crippen molar-refractivity contribution in [1.82, 2.24) is 19.9 Å². The number of nitrogens with zero attached hydrogens (tertiary/aromatic N) is 4. The highest BCUT2D eigenvalue weighted by Gasteiger charge is 2.24. The lowest BCUT2D eigenvalue weighted by molar-refractivity contribution is -0.143. The molecule has 2 aromatic heterocycles. The molecule has 0 aliphatic carbocycles. The van der Waals surface area contributed by atoms with Gasteiger partial charge in [-0.3, -0.25) is 20.0 Å². The average molecular weight is 507 g/mol. The molecule has 1 aromatic carbocycles. The molecule has 1 fully saturated rings. The van der Waals surface area contributed by atoms with Gasteiger partial charge in [-0.2, -0.15) is 0 Å². The van der Waals surface area contributed by atoms with Crippen LogP contribution < -0.4 is 10.5 Å². The first-order chi connectivity index (χ1) is 17.9. The van der Waals surface area contributed by atoms with Gasteiger partial charge in [-0.15, -0.1) is 0 Å². The maximum absolute atomic E-state index is 15.0. The van der Waals surface area contributed by atoms with Gasteiger partial charge < -0.3 is 20.1 Å². The molecule has 1 saturated heterocycles. The van der Waals surface area contributed by atoms with Crippen molar-refractivity contribution in [3.05, 3.63) is 72.1 Å². The number of benzene rings is 1. The Labute approximate surface area is 213 Å². The number of amides is 1. The molecule has 10 nitrogen and oxygen atoms in total. The second-order valence-electron chi connectivity index (χ2n) is 8.68. The smallest absolute Gasteiger partial charge is 0.316 e. The van der Waals surface area contributed by atoms with Crippen LogP contribution in [0.3, 0.4) is 0 Å². The van der Waals surface area contributed by atoms with Crippen LogP contribution in [0.5, 0.6) is 6.01 Å². The number of likely N-dealkylation sites (tertiary alicyclic amines) is 1.